The molecular formula is C26H33N5O7S. The van der Waals surface area contributed by atoms with Crippen molar-refractivity contribution in [2.45, 2.75) is 67.9 Å². The Morgan fingerprint density at radius 1 is 1.08 bits per heavy atom. The van der Waals surface area contributed by atoms with E-state index in [1.807, 2.05) is 11.8 Å². The molecule has 1 aliphatic carbocycles. The first kappa shape index (κ1) is 27.0. The van der Waals surface area contributed by atoms with Crippen molar-refractivity contribution in [2.24, 2.45) is 0 Å². The molecule has 0 unspecified atom stereocenters. The van der Waals surface area contributed by atoms with Crippen LogP contribution < -0.4 is 19.9 Å². The SMILES string of the molecule is CCCCc1nc(O)c(S(=O)(=O)C2CCN(c3nnc(C4CC4)o3)CC2)c(=O)n1-c1c(OC)cccc1OC. The Morgan fingerprint density at radius 3 is 2.33 bits per heavy atom. The third-order valence-corrected chi connectivity index (χ3v) is 9.54. The number of rotatable bonds is 10. The van der Waals surface area contributed by atoms with E-state index >= 15 is 0 Å². The van der Waals surface area contributed by atoms with Crippen molar-refractivity contribution in [2.75, 3.05) is 32.2 Å². The minimum absolute atomic E-state index is 0.220. The van der Waals surface area contributed by atoms with Crippen LogP contribution in [0, 0.1) is 0 Å². The quantitative estimate of drug-likeness (QED) is 0.390. The molecule has 2 aromatic heterocycles. The number of hydrogen-bond acceptors (Lipinski definition) is 11. The van der Waals surface area contributed by atoms with Crippen molar-refractivity contribution in [3.63, 3.8) is 0 Å². The van der Waals surface area contributed by atoms with Gasteiger partial charge in [-0.1, -0.05) is 24.5 Å². The number of aryl methyl sites for hydroxylation is 1. The van der Waals surface area contributed by atoms with Crippen LogP contribution in [0.3, 0.4) is 0 Å². The summed E-state index contributed by atoms with van der Waals surface area (Å²) >= 11 is 0. The van der Waals surface area contributed by atoms with Gasteiger partial charge in [-0.15, -0.1) is 5.10 Å². The number of piperidine rings is 1. The van der Waals surface area contributed by atoms with Gasteiger partial charge in [0.15, 0.2) is 14.7 Å². The highest BCUT2D eigenvalue weighted by Gasteiger charge is 2.39. The average molecular weight is 560 g/mol. The van der Waals surface area contributed by atoms with Crippen molar-refractivity contribution in [1.29, 1.82) is 0 Å². The van der Waals surface area contributed by atoms with E-state index in [0.29, 0.717) is 55.3 Å². The lowest BCUT2D eigenvalue weighted by Crippen LogP contribution is -2.41. The number of methoxy groups -OCH3 is 2. The van der Waals surface area contributed by atoms with Crippen molar-refractivity contribution in [1.82, 2.24) is 19.7 Å². The Hall–Kier alpha value is -3.61. The van der Waals surface area contributed by atoms with Crippen LogP contribution in [-0.2, 0) is 16.3 Å². The third kappa shape index (κ3) is 5.07. The largest absolute Gasteiger partial charge is 0.494 e. The second-order valence-electron chi connectivity index (χ2n) is 9.86. The first-order valence-corrected chi connectivity index (χ1v) is 14.7. The van der Waals surface area contributed by atoms with Gasteiger partial charge < -0.3 is 23.9 Å². The minimum atomic E-state index is -4.25. The molecular weight excluding hydrogens is 526 g/mol. The predicted molar refractivity (Wildman–Crippen MR) is 142 cm³/mol. The number of aromatic nitrogens is 4. The molecule has 1 aliphatic heterocycles. The summed E-state index contributed by atoms with van der Waals surface area (Å²) in [5, 5.41) is 18.2. The molecule has 3 aromatic rings. The Balaban J connectivity index is 1.51. The van der Waals surface area contributed by atoms with Crippen molar-refractivity contribution < 1.29 is 27.4 Å². The normalized spacial score (nSPS) is 16.4. The summed E-state index contributed by atoms with van der Waals surface area (Å²) in [6, 6.07) is 5.38. The lowest BCUT2D eigenvalue weighted by molar-refractivity contribution is 0.386. The second-order valence-corrected chi connectivity index (χ2v) is 12.0. The molecule has 2 aliphatic rings. The van der Waals surface area contributed by atoms with Gasteiger partial charge in [-0.05, 0) is 44.2 Å². The fraction of sp³-hybridized carbons (Fsp3) is 0.538. The molecule has 5 rings (SSSR count). The second kappa shape index (κ2) is 10.9. The molecule has 0 amide bonds. The predicted octanol–water partition coefficient (Wildman–Crippen LogP) is 3.00. The molecule has 0 spiro atoms. The molecule has 0 radical (unpaired) electrons. The molecule has 1 saturated carbocycles. The Labute approximate surface area is 226 Å². The Morgan fingerprint density at radius 2 is 1.74 bits per heavy atom. The van der Waals surface area contributed by atoms with E-state index in [4.69, 9.17) is 13.9 Å². The zero-order valence-corrected chi connectivity index (χ0v) is 23.1. The number of hydrogen-bond donors (Lipinski definition) is 1. The first-order chi connectivity index (χ1) is 18.8. The highest BCUT2D eigenvalue weighted by atomic mass is 32.2. The number of nitrogens with zero attached hydrogens (tertiary/aromatic N) is 5. The Bertz CT molecular complexity index is 1480. The van der Waals surface area contributed by atoms with E-state index in [0.717, 1.165) is 19.3 Å². The van der Waals surface area contributed by atoms with E-state index in [1.165, 1.54) is 18.8 Å². The summed E-state index contributed by atoms with van der Waals surface area (Å²) in [7, 11) is -1.36. The van der Waals surface area contributed by atoms with Gasteiger partial charge in [-0.3, -0.25) is 9.36 Å². The standard InChI is InChI=1S/C26H33N5O7S/c1-4-5-9-20-27-23(32)22(25(33)31(20)21-18(36-2)7-6-8-19(21)37-3)39(34,35)17-12-14-30(15-13-17)26-29-28-24(38-26)16-10-11-16/h6-8,16-17,32H,4-5,9-15H2,1-3H3. The number of para-hydroxylation sites is 1. The molecule has 210 valence electrons. The van der Waals surface area contributed by atoms with Crippen LogP contribution in [0.4, 0.5) is 6.01 Å². The molecule has 2 fully saturated rings. The maximum Gasteiger partial charge on any atom is 0.318 e. The van der Waals surface area contributed by atoms with Crippen molar-refractivity contribution in [3.05, 3.63) is 40.3 Å². The van der Waals surface area contributed by atoms with Crippen molar-refractivity contribution >= 4 is 15.9 Å². The van der Waals surface area contributed by atoms with Gasteiger partial charge in [0.2, 0.25) is 11.8 Å². The van der Waals surface area contributed by atoms with Gasteiger partial charge in [0.25, 0.3) is 5.56 Å². The molecule has 1 saturated heterocycles. The van der Waals surface area contributed by atoms with E-state index in [1.54, 1.807) is 18.2 Å². The number of benzene rings is 1. The fourth-order valence-electron chi connectivity index (χ4n) is 4.95. The number of ether oxygens (including phenoxy) is 2. The van der Waals surface area contributed by atoms with Gasteiger partial charge in [-0.2, -0.15) is 4.98 Å². The lowest BCUT2D eigenvalue weighted by Gasteiger charge is -2.30. The van der Waals surface area contributed by atoms with Gasteiger partial charge >= 0.3 is 6.01 Å². The molecule has 0 bridgehead atoms. The zero-order valence-electron chi connectivity index (χ0n) is 22.3. The van der Waals surface area contributed by atoms with Gasteiger partial charge in [0.05, 0.1) is 19.5 Å². The van der Waals surface area contributed by atoms with Crippen LogP contribution in [0.25, 0.3) is 5.69 Å². The van der Waals surface area contributed by atoms with Crippen LogP contribution in [-0.4, -0.2) is 65.8 Å². The summed E-state index contributed by atoms with van der Waals surface area (Å²) in [6.07, 6.45) is 4.33. The summed E-state index contributed by atoms with van der Waals surface area (Å²) < 4.78 is 45.7. The third-order valence-electron chi connectivity index (χ3n) is 7.27. The van der Waals surface area contributed by atoms with Crippen LogP contribution in [0.1, 0.15) is 63.1 Å². The van der Waals surface area contributed by atoms with E-state index in [2.05, 4.69) is 15.2 Å². The molecule has 1 aromatic carbocycles. The van der Waals surface area contributed by atoms with Crippen LogP contribution in [0.5, 0.6) is 17.4 Å². The minimum Gasteiger partial charge on any atom is -0.494 e. The molecule has 1 N–H and O–H groups in total. The topological polar surface area (TPSA) is 150 Å². The smallest absolute Gasteiger partial charge is 0.318 e. The molecule has 0 atom stereocenters. The average Bonchev–Trinajstić information content (AvgIpc) is 3.67. The highest BCUT2D eigenvalue weighted by Crippen LogP contribution is 2.40. The molecule has 39 heavy (non-hydrogen) atoms. The van der Waals surface area contributed by atoms with Crippen molar-refractivity contribution in [3.8, 4) is 23.1 Å². The van der Waals surface area contributed by atoms with Gasteiger partial charge in [0, 0.05) is 25.4 Å². The van der Waals surface area contributed by atoms with E-state index < -0.39 is 31.4 Å². The Kier molecular flexibility index (Phi) is 7.52. The van der Waals surface area contributed by atoms with E-state index in [9.17, 15) is 18.3 Å². The van der Waals surface area contributed by atoms with Gasteiger partial charge in [0.1, 0.15) is 23.0 Å². The monoisotopic (exact) mass is 559 g/mol. The van der Waals surface area contributed by atoms with Crippen LogP contribution in [0.15, 0.2) is 32.3 Å². The summed E-state index contributed by atoms with van der Waals surface area (Å²) in [5.74, 6) is 0.991. The van der Waals surface area contributed by atoms with Gasteiger partial charge in [-0.25, -0.2) is 8.42 Å². The van der Waals surface area contributed by atoms with Crippen LogP contribution in [0.2, 0.25) is 0 Å². The summed E-state index contributed by atoms with van der Waals surface area (Å²) in [4.78, 5) is 19.4. The lowest BCUT2D eigenvalue weighted by atomic mass is 10.1. The maximum absolute atomic E-state index is 14.0. The van der Waals surface area contributed by atoms with Crippen LogP contribution >= 0.6 is 0 Å². The number of anilines is 1. The number of aromatic hydroxyl groups is 1. The molecule has 3 heterocycles. The summed E-state index contributed by atoms with van der Waals surface area (Å²) in [5.41, 5.74) is -0.648. The number of unbranched alkanes of at least 4 members (excludes halogenated alkanes) is 1. The zero-order chi connectivity index (χ0) is 27.7. The van der Waals surface area contributed by atoms with E-state index in [-0.39, 0.29) is 24.4 Å². The highest BCUT2D eigenvalue weighted by molar-refractivity contribution is 7.92. The fourth-order valence-corrected chi connectivity index (χ4v) is 6.74. The summed E-state index contributed by atoms with van der Waals surface area (Å²) in [6.45, 7) is 2.69. The number of sulfone groups is 1. The molecule has 13 heteroatoms. The first-order valence-electron chi connectivity index (χ1n) is 13.2. The molecule has 12 nitrogen and oxygen atoms in total. The maximum atomic E-state index is 14.0.